The van der Waals surface area contributed by atoms with Gasteiger partial charge in [0.05, 0.1) is 10.6 Å². The van der Waals surface area contributed by atoms with Crippen LogP contribution in [0.25, 0.3) is 0 Å². The van der Waals surface area contributed by atoms with Crippen LogP contribution in [0.1, 0.15) is 37.5 Å². The molecule has 0 amide bonds. The second-order valence-electron chi connectivity index (χ2n) is 10.0. The lowest BCUT2D eigenvalue weighted by Gasteiger charge is -2.23. The van der Waals surface area contributed by atoms with Gasteiger partial charge in [0.25, 0.3) is 0 Å². The largest absolute Gasteiger partial charge is 0.458 e. The fourth-order valence-corrected chi connectivity index (χ4v) is 4.11. The number of carbonyl (C=O) groups excluding carboxylic acids is 1. The van der Waals surface area contributed by atoms with Gasteiger partial charge in [-0.2, -0.15) is 0 Å². The number of aliphatic imine (C=N–C) groups is 1. The minimum atomic E-state index is -1.22. The summed E-state index contributed by atoms with van der Waals surface area (Å²) in [6, 6.07) is 27.7. The zero-order valence-corrected chi connectivity index (χ0v) is 22.4. The molecule has 0 bridgehead atoms. The number of ether oxygens (including phenoxy) is 2. The molecule has 0 unspecified atom stereocenters. The summed E-state index contributed by atoms with van der Waals surface area (Å²) in [4.78, 5) is 29.9. The van der Waals surface area contributed by atoms with E-state index in [0.29, 0.717) is 11.5 Å². The molecule has 0 aromatic heterocycles. The summed E-state index contributed by atoms with van der Waals surface area (Å²) in [5.74, 6) is -1.41. The Bertz CT molecular complexity index is 1460. The van der Waals surface area contributed by atoms with E-state index in [2.05, 4.69) is 0 Å². The fourth-order valence-electron chi connectivity index (χ4n) is 4.11. The normalized spacial score (nSPS) is 11.8. The molecule has 0 aliphatic heterocycles. The Morgan fingerprint density at radius 1 is 0.900 bits per heavy atom. The molecule has 0 aliphatic carbocycles. The Morgan fingerprint density at radius 3 is 1.93 bits per heavy atom. The zero-order valence-electron chi connectivity index (χ0n) is 22.4. The average Bonchev–Trinajstić information content (AvgIpc) is 2.91. The molecule has 0 N–H and O–H groups in total. The SMILES string of the molecule is CC(C)(C)OC(=O)[C@H](Cc1cc(F)cc(Oc2ccccc2)c1[N+](=O)[O-])N=C(c1ccccc1)c1ccccc1. The highest BCUT2D eigenvalue weighted by atomic mass is 19.1. The van der Waals surface area contributed by atoms with Gasteiger partial charge in [-0.25, -0.2) is 9.18 Å². The van der Waals surface area contributed by atoms with Gasteiger partial charge >= 0.3 is 11.7 Å². The van der Waals surface area contributed by atoms with Gasteiger partial charge < -0.3 is 9.47 Å². The van der Waals surface area contributed by atoms with Crippen molar-refractivity contribution in [1.29, 1.82) is 0 Å². The Morgan fingerprint density at radius 2 is 1.43 bits per heavy atom. The van der Waals surface area contributed by atoms with E-state index in [0.717, 1.165) is 23.3 Å². The zero-order chi connectivity index (χ0) is 28.7. The molecule has 8 heteroatoms. The summed E-state index contributed by atoms with van der Waals surface area (Å²) in [6.07, 6.45) is -0.294. The Kier molecular flexibility index (Phi) is 8.69. The highest BCUT2D eigenvalue weighted by molar-refractivity contribution is 6.13. The maximum atomic E-state index is 14.8. The number of rotatable bonds is 9. The quantitative estimate of drug-likeness (QED) is 0.0960. The van der Waals surface area contributed by atoms with Crippen molar-refractivity contribution >= 4 is 17.4 Å². The number of para-hydroxylation sites is 1. The van der Waals surface area contributed by atoms with Crippen molar-refractivity contribution in [2.24, 2.45) is 4.99 Å². The first-order valence-electron chi connectivity index (χ1n) is 12.7. The van der Waals surface area contributed by atoms with Crippen LogP contribution in [0.15, 0.2) is 108 Å². The first-order valence-corrected chi connectivity index (χ1v) is 12.7. The van der Waals surface area contributed by atoms with Crippen LogP contribution >= 0.6 is 0 Å². The fraction of sp³-hybridized carbons (Fsp3) is 0.188. The summed E-state index contributed by atoms with van der Waals surface area (Å²) < 4.78 is 26.2. The average molecular weight is 541 g/mol. The van der Waals surface area contributed by atoms with E-state index in [-0.39, 0.29) is 17.7 Å². The maximum absolute atomic E-state index is 14.8. The van der Waals surface area contributed by atoms with E-state index in [9.17, 15) is 19.3 Å². The van der Waals surface area contributed by atoms with E-state index in [1.54, 1.807) is 51.1 Å². The third-order valence-electron chi connectivity index (χ3n) is 5.74. The molecular weight excluding hydrogens is 511 g/mol. The summed E-state index contributed by atoms with van der Waals surface area (Å²) in [7, 11) is 0. The summed E-state index contributed by atoms with van der Waals surface area (Å²) in [6.45, 7) is 5.16. The van der Waals surface area contributed by atoms with E-state index in [1.807, 2.05) is 60.7 Å². The molecule has 0 spiro atoms. The predicted octanol–water partition coefficient (Wildman–Crippen LogP) is 7.32. The molecule has 4 aromatic carbocycles. The monoisotopic (exact) mass is 540 g/mol. The van der Waals surface area contributed by atoms with Gasteiger partial charge in [0.1, 0.15) is 17.2 Å². The molecular formula is C32H29FN2O5. The third-order valence-corrected chi connectivity index (χ3v) is 5.74. The van der Waals surface area contributed by atoms with Crippen molar-refractivity contribution < 1.29 is 23.6 Å². The maximum Gasteiger partial charge on any atom is 0.331 e. The lowest BCUT2D eigenvalue weighted by Crippen LogP contribution is -2.33. The van der Waals surface area contributed by atoms with Crippen LogP contribution in [0, 0.1) is 15.9 Å². The summed E-state index contributed by atoms with van der Waals surface area (Å²) in [5, 5.41) is 12.2. The molecule has 204 valence electrons. The summed E-state index contributed by atoms with van der Waals surface area (Å²) in [5.41, 5.74) is 0.635. The minimum absolute atomic E-state index is 0.0454. The van der Waals surface area contributed by atoms with Crippen molar-refractivity contribution in [3.05, 3.63) is 136 Å². The molecule has 0 aliphatic rings. The van der Waals surface area contributed by atoms with Crippen LogP contribution in [0.4, 0.5) is 10.1 Å². The molecule has 4 rings (SSSR count). The van der Waals surface area contributed by atoms with Gasteiger partial charge in [-0.05, 0) is 39.0 Å². The Labute approximate surface area is 232 Å². The summed E-state index contributed by atoms with van der Waals surface area (Å²) >= 11 is 0. The molecule has 0 fully saturated rings. The van der Waals surface area contributed by atoms with Crippen LogP contribution < -0.4 is 4.74 Å². The molecule has 0 saturated heterocycles. The van der Waals surface area contributed by atoms with E-state index in [1.165, 1.54) is 0 Å². The van der Waals surface area contributed by atoms with Crippen LogP contribution in [0.2, 0.25) is 0 Å². The molecule has 0 radical (unpaired) electrons. The topological polar surface area (TPSA) is 91.0 Å². The Hall–Kier alpha value is -4.85. The van der Waals surface area contributed by atoms with Gasteiger partial charge in [0, 0.05) is 29.2 Å². The van der Waals surface area contributed by atoms with Gasteiger partial charge in [0.2, 0.25) is 5.75 Å². The van der Waals surface area contributed by atoms with Crippen molar-refractivity contribution in [2.45, 2.75) is 38.8 Å². The number of halogens is 1. The number of nitro groups is 1. The molecule has 0 heterocycles. The molecule has 40 heavy (non-hydrogen) atoms. The Balaban J connectivity index is 1.85. The van der Waals surface area contributed by atoms with Crippen LogP contribution in [-0.4, -0.2) is 28.2 Å². The van der Waals surface area contributed by atoms with Crippen LogP contribution in [0.3, 0.4) is 0 Å². The van der Waals surface area contributed by atoms with Crippen molar-refractivity contribution in [3.63, 3.8) is 0 Å². The highest BCUT2D eigenvalue weighted by Crippen LogP contribution is 2.36. The molecule has 7 nitrogen and oxygen atoms in total. The smallest absolute Gasteiger partial charge is 0.331 e. The molecule has 4 aromatic rings. The standard InChI is InChI=1S/C32H29FN2O5/c1-32(2,3)40-31(36)27(34-29(22-13-7-4-8-14-22)23-15-9-5-10-16-23)20-24-19-25(33)21-28(30(24)35(37)38)39-26-17-11-6-12-18-26/h4-19,21,27H,20H2,1-3H3/t27-/m0/s1. The predicted molar refractivity (Wildman–Crippen MR) is 151 cm³/mol. The van der Waals surface area contributed by atoms with Gasteiger partial charge in [-0.3, -0.25) is 15.1 Å². The number of esters is 1. The number of benzene rings is 4. The van der Waals surface area contributed by atoms with E-state index in [4.69, 9.17) is 14.5 Å². The van der Waals surface area contributed by atoms with Crippen molar-refractivity contribution in [2.75, 3.05) is 0 Å². The first-order chi connectivity index (χ1) is 19.1. The molecule has 1 atom stereocenters. The van der Waals surface area contributed by atoms with Crippen molar-refractivity contribution in [3.8, 4) is 11.5 Å². The van der Waals surface area contributed by atoms with Crippen LogP contribution in [0.5, 0.6) is 11.5 Å². The van der Waals surface area contributed by atoms with Crippen molar-refractivity contribution in [1.82, 2.24) is 0 Å². The number of hydrogen-bond donors (Lipinski definition) is 0. The van der Waals surface area contributed by atoms with Gasteiger partial charge in [0.15, 0.2) is 6.04 Å². The second-order valence-corrected chi connectivity index (χ2v) is 10.0. The van der Waals surface area contributed by atoms with Gasteiger partial charge in [-0.15, -0.1) is 0 Å². The van der Waals surface area contributed by atoms with E-state index >= 15 is 0 Å². The molecule has 0 saturated carbocycles. The van der Waals surface area contributed by atoms with Gasteiger partial charge in [-0.1, -0.05) is 78.9 Å². The first kappa shape index (κ1) is 28.2. The van der Waals surface area contributed by atoms with E-state index < -0.39 is 34.0 Å². The number of hydrogen-bond acceptors (Lipinski definition) is 6. The minimum Gasteiger partial charge on any atom is -0.458 e. The number of nitro benzene ring substituents is 1. The second kappa shape index (κ2) is 12.3. The lowest BCUT2D eigenvalue weighted by atomic mass is 9.99. The highest BCUT2D eigenvalue weighted by Gasteiger charge is 2.31. The number of nitrogens with zero attached hydrogens (tertiary/aromatic N) is 2. The lowest BCUT2D eigenvalue weighted by molar-refractivity contribution is -0.386. The third kappa shape index (κ3) is 7.38. The number of carbonyl (C=O) groups is 1. The van der Waals surface area contributed by atoms with Crippen LogP contribution in [-0.2, 0) is 16.0 Å².